The lowest BCUT2D eigenvalue weighted by Crippen LogP contribution is -2.50. The maximum absolute atomic E-state index is 14.0. The van der Waals surface area contributed by atoms with Crippen molar-refractivity contribution in [3.63, 3.8) is 0 Å². The normalized spacial score (nSPS) is 21.5. The van der Waals surface area contributed by atoms with Gasteiger partial charge in [0.2, 0.25) is 5.78 Å². The lowest BCUT2D eigenvalue weighted by molar-refractivity contribution is 0.0388. The van der Waals surface area contributed by atoms with Gasteiger partial charge in [0.1, 0.15) is 11.7 Å². The Hall–Kier alpha value is -2.53. The number of fused-ring (bicyclic) bond motifs is 2. The molecule has 0 amide bonds. The molecule has 0 saturated carbocycles. The number of ketones is 1. The molecule has 2 aliphatic heterocycles. The van der Waals surface area contributed by atoms with E-state index in [-0.39, 0.29) is 5.78 Å². The molecule has 1 atom stereocenters. The molecule has 134 valence electrons. The third-order valence-electron chi connectivity index (χ3n) is 5.40. The minimum Gasteiger partial charge on any atom is -0.362 e. The fourth-order valence-corrected chi connectivity index (χ4v) is 3.82. The van der Waals surface area contributed by atoms with Gasteiger partial charge in [0.25, 0.3) is 0 Å². The van der Waals surface area contributed by atoms with Gasteiger partial charge < -0.3 is 9.64 Å². The quantitative estimate of drug-likeness (QED) is 0.831. The Labute approximate surface area is 152 Å². The van der Waals surface area contributed by atoms with Gasteiger partial charge in [0, 0.05) is 31.3 Å². The Morgan fingerprint density at radius 1 is 1.31 bits per heavy atom. The zero-order chi connectivity index (χ0) is 18.5. The van der Waals surface area contributed by atoms with Gasteiger partial charge in [-0.05, 0) is 48.7 Å². The molecule has 4 nitrogen and oxygen atoms in total. The van der Waals surface area contributed by atoms with Gasteiger partial charge in [-0.2, -0.15) is 0 Å². The van der Waals surface area contributed by atoms with E-state index in [2.05, 4.69) is 19.1 Å². The van der Waals surface area contributed by atoms with Crippen molar-refractivity contribution in [3.8, 4) is 0 Å². The largest absolute Gasteiger partial charge is 0.362 e. The number of rotatable bonds is 3. The van der Waals surface area contributed by atoms with E-state index < -0.39 is 11.4 Å². The fourth-order valence-electron chi connectivity index (χ4n) is 3.82. The van der Waals surface area contributed by atoms with Crippen molar-refractivity contribution in [1.29, 1.82) is 0 Å². The first-order valence-corrected chi connectivity index (χ1v) is 8.86. The zero-order valence-electron chi connectivity index (χ0n) is 15.2. The molecule has 2 aromatic rings. The highest BCUT2D eigenvalue weighted by Crippen LogP contribution is 2.42. The Kier molecular flexibility index (Phi) is 3.92. The predicted octanol–water partition coefficient (Wildman–Crippen LogP) is 4.22. The number of nitrogens with zero attached hydrogens (tertiary/aromatic N) is 2. The highest BCUT2D eigenvalue weighted by atomic mass is 19.1. The number of methoxy groups -OCH3 is 1. The van der Waals surface area contributed by atoms with E-state index in [0.717, 1.165) is 12.1 Å². The molecule has 1 saturated heterocycles. The molecule has 2 aromatic carbocycles. The van der Waals surface area contributed by atoms with Gasteiger partial charge >= 0.3 is 0 Å². The van der Waals surface area contributed by atoms with Crippen LogP contribution in [0.5, 0.6) is 0 Å². The lowest BCUT2D eigenvalue weighted by Gasteiger charge is -2.32. The van der Waals surface area contributed by atoms with Crippen molar-refractivity contribution >= 4 is 23.0 Å². The van der Waals surface area contributed by atoms with Crippen molar-refractivity contribution in [3.05, 3.63) is 58.9 Å². The van der Waals surface area contributed by atoms with Crippen LogP contribution in [0.2, 0.25) is 0 Å². The zero-order valence-corrected chi connectivity index (χ0v) is 15.2. The Bertz CT molecular complexity index is 938. The number of carbonyl (C=O) groups excluding carboxylic acids is 1. The molecule has 0 radical (unpaired) electrons. The number of hydrogen-bond acceptors (Lipinski definition) is 4. The highest BCUT2D eigenvalue weighted by molar-refractivity contribution is 6.28. The third-order valence-corrected chi connectivity index (χ3v) is 5.40. The number of hydrogen-bond donors (Lipinski definition) is 0. The summed E-state index contributed by atoms with van der Waals surface area (Å²) in [6.07, 6.45) is 1.43. The summed E-state index contributed by atoms with van der Waals surface area (Å²) in [5.41, 5.74) is 2.36. The second kappa shape index (κ2) is 6.02. The van der Waals surface area contributed by atoms with Crippen LogP contribution in [-0.2, 0) is 11.2 Å². The number of benzene rings is 2. The van der Waals surface area contributed by atoms with Gasteiger partial charge in [0.15, 0.2) is 5.60 Å². The number of Topliss-reactive ketones (excluding diaryl/α,β-unsaturated/α-hetero) is 1. The molecule has 2 aliphatic rings. The molecule has 0 bridgehead atoms. The summed E-state index contributed by atoms with van der Waals surface area (Å²) in [6, 6.07) is 11.1. The molecule has 0 N–H and O–H groups in total. The van der Waals surface area contributed by atoms with Gasteiger partial charge in [0.05, 0.1) is 5.69 Å². The molecule has 2 heterocycles. The molecule has 5 heteroatoms. The van der Waals surface area contributed by atoms with Crippen molar-refractivity contribution < 1.29 is 13.9 Å². The van der Waals surface area contributed by atoms with Crippen LogP contribution in [0.4, 0.5) is 15.8 Å². The average molecular weight is 352 g/mol. The van der Waals surface area contributed by atoms with Crippen molar-refractivity contribution in [1.82, 2.24) is 0 Å². The molecular weight excluding hydrogens is 331 g/mol. The smallest absolute Gasteiger partial charge is 0.204 e. The first kappa shape index (κ1) is 16.9. The summed E-state index contributed by atoms with van der Waals surface area (Å²) in [4.78, 5) is 20.0. The van der Waals surface area contributed by atoms with Crippen LogP contribution >= 0.6 is 0 Å². The van der Waals surface area contributed by atoms with E-state index in [1.807, 2.05) is 17.0 Å². The van der Waals surface area contributed by atoms with E-state index in [4.69, 9.17) is 9.73 Å². The lowest BCUT2D eigenvalue weighted by atomic mass is 9.86. The summed E-state index contributed by atoms with van der Waals surface area (Å²) >= 11 is 0. The second-order valence-corrected chi connectivity index (χ2v) is 6.84. The number of amidine groups is 1. The van der Waals surface area contributed by atoms with Crippen LogP contribution in [0.25, 0.3) is 0 Å². The molecule has 26 heavy (non-hydrogen) atoms. The van der Waals surface area contributed by atoms with E-state index in [9.17, 15) is 9.18 Å². The average Bonchev–Trinajstić information content (AvgIpc) is 3.04. The second-order valence-electron chi connectivity index (χ2n) is 6.84. The number of anilines is 1. The van der Waals surface area contributed by atoms with E-state index in [1.54, 1.807) is 13.0 Å². The topological polar surface area (TPSA) is 41.9 Å². The Morgan fingerprint density at radius 3 is 2.85 bits per heavy atom. The minimum atomic E-state index is -1.14. The van der Waals surface area contributed by atoms with E-state index in [1.165, 1.54) is 18.7 Å². The standard InChI is InChI=1S/C21H21FN2O2/c1-4-14-6-5-7-15(11-14)24-9-8-21(26-3)19(25)16-12-17(22)13(2)10-18(16)23-20(21)24/h5-7,10-12H,4,8-9H2,1-3H3/t21-/m1/s1. The van der Waals surface area contributed by atoms with Crippen LogP contribution in [0.1, 0.15) is 34.8 Å². The molecular formula is C21H21FN2O2. The molecule has 0 aliphatic carbocycles. The van der Waals surface area contributed by atoms with Crippen molar-refractivity contribution in [2.24, 2.45) is 4.99 Å². The number of aryl methyl sites for hydroxylation is 2. The maximum Gasteiger partial charge on any atom is 0.204 e. The predicted molar refractivity (Wildman–Crippen MR) is 100 cm³/mol. The number of aliphatic imine (C=N–C) groups is 1. The fraction of sp³-hybridized carbons (Fsp3) is 0.333. The molecule has 0 aromatic heterocycles. The Morgan fingerprint density at radius 2 is 2.12 bits per heavy atom. The van der Waals surface area contributed by atoms with Crippen LogP contribution in [0.15, 0.2) is 41.4 Å². The minimum absolute atomic E-state index is 0.215. The summed E-state index contributed by atoms with van der Waals surface area (Å²) in [7, 11) is 1.52. The molecule has 0 unspecified atom stereocenters. The number of carbonyl (C=O) groups is 1. The third kappa shape index (κ3) is 2.31. The summed E-state index contributed by atoms with van der Waals surface area (Å²) in [6.45, 7) is 4.41. The number of ether oxygens (including phenoxy) is 1. The van der Waals surface area contributed by atoms with Gasteiger partial charge in [-0.3, -0.25) is 4.79 Å². The van der Waals surface area contributed by atoms with Gasteiger partial charge in [-0.1, -0.05) is 19.1 Å². The van der Waals surface area contributed by atoms with Crippen molar-refractivity contribution in [2.75, 3.05) is 18.6 Å². The molecule has 1 fully saturated rings. The molecule has 0 spiro atoms. The summed E-state index contributed by atoms with van der Waals surface area (Å²) in [5, 5.41) is 0. The van der Waals surface area contributed by atoms with Crippen LogP contribution in [0.3, 0.4) is 0 Å². The van der Waals surface area contributed by atoms with Crippen LogP contribution in [-0.4, -0.2) is 30.9 Å². The summed E-state index contributed by atoms with van der Waals surface area (Å²) < 4.78 is 19.7. The van der Waals surface area contributed by atoms with Crippen LogP contribution in [0, 0.1) is 12.7 Å². The first-order chi connectivity index (χ1) is 12.5. The van der Waals surface area contributed by atoms with Gasteiger partial charge in [-0.15, -0.1) is 0 Å². The van der Waals surface area contributed by atoms with Crippen LogP contribution < -0.4 is 4.90 Å². The SMILES string of the molecule is CCc1cccc(N2CC[C@@]3(OC)C(=O)c4cc(F)c(C)cc4N=C23)c1. The van der Waals surface area contributed by atoms with Crippen molar-refractivity contribution in [2.45, 2.75) is 32.3 Å². The maximum atomic E-state index is 14.0. The Balaban J connectivity index is 1.88. The van der Waals surface area contributed by atoms with E-state index in [0.29, 0.717) is 35.6 Å². The highest BCUT2D eigenvalue weighted by Gasteiger charge is 2.54. The first-order valence-electron chi connectivity index (χ1n) is 8.86. The summed E-state index contributed by atoms with van der Waals surface area (Å²) in [5.74, 6) is -0.0164. The van der Waals surface area contributed by atoms with E-state index >= 15 is 0 Å². The van der Waals surface area contributed by atoms with Gasteiger partial charge in [-0.25, -0.2) is 9.38 Å². The monoisotopic (exact) mass is 352 g/mol. The number of halogens is 1. The molecule has 4 rings (SSSR count).